The SMILES string of the molecule is Cc1cc2c(NCCCCN3CCCCC3C)ncnc2s1. The predicted molar refractivity (Wildman–Crippen MR) is 94.8 cm³/mol. The third-order valence-corrected chi connectivity index (χ3v) is 5.52. The monoisotopic (exact) mass is 318 g/mol. The van der Waals surface area contributed by atoms with Crippen molar-refractivity contribution in [3.05, 3.63) is 17.3 Å². The van der Waals surface area contributed by atoms with Gasteiger partial charge in [-0.05, 0) is 58.7 Å². The van der Waals surface area contributed by atoms with Crippen LogP contribution in [0.25, 0.3) is 10.2 Å². The Balaban J connectivity index is 1.44. The second-order valence-electron chi connectivity index (χ2n) is 6.31. The molecule has 0 radical (unpaired) electrons. The van der Waals surface area contributed by atoms with Crippen LogP contribution in [0.2, 0.25) is 0 Å². The van der Waals surface area contributed by atoms with E-state index in [2.05, 4.69) is 40.1 Å². The van der Waals surface area contributed by atoms with Gasteiger partial charge >= 0.3 is 0 Å². The van der Waals surface area contributed by atoms with Crippen LogP contribution in [-0.4, -0.2) is 40.5 Å². The molecule has 3 rings (SSSR count). The van der Waals surface area contributed by atoms with E-state index < -0.39 is 0 Å². The average molecular weight is 318 g/mol. The normalized spacial score (nSPS) is 19.6. The number of anilines is 1. The summed E-state index contributed by atoms with van der Waals surface area (Å²) in [5.74, 6) is 0.987. The van der Waals surface area contributed by atoms with Crippen molar-refractivity contribution in [2.24, 2.45) is 0 Å². The van der Waals surface area contributed by atoms with Gasteiger partial charge in [0.05, 0.1) is 5.39 Å². The molecule has 0 spiro atoms. The molecule has 1 atom stereocenters. The molecule has 0 saturated carbocycles. The van der Waals surface area contributed by atoms with E-state index in [1.807, 2.05) is 0 Å². The molecule has 0 bridgehead atoms. The maximum Gasteiger partial charge on any atom is 0.138 e. The Labute approximate surface area is 137 Å². The van der Waals surface area contributed by atoms with Crippen LogP contribution >= 0.6 is 11.3 Å². The molecule has 1 aliphatic rings. The summed E-state index contributed by atoms with van der Waals surface area (Å²) >= 11 is 1.73. The number of aryl methyl sites for hydroxylation is 1. The molecule has 120 valence electrons. The minimum Gasteiger partial charge on any atom is -0.369 e. The molecule has 3 heterocycles. The largest absolute Gasteiger partial charge is 0.369 e. The Morgan fingerprint density at radius 2 is 2.23 bits per heavy atom. The van der Waals surface area contributed by atoms with Crippen LogP contribution in [0.1, 0.15) is 43.9 Å². The Bertz CT molecular complexity index is 610. The van der Waals surface area contributed by atoms with Gasteiger partial charge in [0.15, 0.2) is 0 Å². The number of aromatic nitrogens is 2. The summed E-state index contributed by atoms with van der Waals surface area (Å²) in [6.07, 6.45) is 8.26. The third-order valence-electron chi connectivity index (χ3n) is 4.56. The number of unbranched alkanes of at least 4 members (excludes halogenated alkanes) is 1. The van der Waals surface area contributed by atoms with Gasteiger partial charge in [-0.2, -0.15) is 0 Å². The summed E-state index contributed by atoms with van der Waals surface area (Å²) in [5, 5.41) is 4.65. The summed E-state index contributed by atoms with van der Waals surface area (Å²) < 4.78 is 0. The highest BCUT2D eigenvalue weighted by Gasteiger charge is 2.17. The van der Waals surface area contributed by atoms with Gasteiger partial charge in [-0.1, -0.05) is 6.42 Å². The lowest BCUT2D eigenvalue weighted by Crippen LogP contribution is -2.38. The number of nitrogens with one attached hydrogen (secondary N) is 1. The minimum atomic E-state index is 0.775. The zero-order valence-corrected chi connectivity index (χ0v) is 14.5. The molecule has 2 aromatic rings. The maximum absolute atomic E-state index is 4.39. The fourth-order valence-electron chi connectivity index (χ4n) is 3.25. The van der Waals surface area contributed by atoms with Crippen LogP contribution in [0, 0.1) is 6.92 Å². The number of fused-ring (bicyclic) bond motifs is 1. The van der Waals surface area contributed by atoms with Crippen LogP contribution in [0.5, 0.6) is 0 Å². The fraction of sp³-hybridized carbons (Fsp3) is 0.647. The molecule has 0 aromatic carbocycles. The van der Waals surface area contributed by atoms with E-state index in [1.54, 1.807) is 17.7 Å². The zero-order valence-electron chi connectivity index (χ0n) is 13.6. The highest BCUT2D eigenvalue weighted by atomic mass is 32.1. The highest BCUT2D eigenvalue weighted by molar-refractivity contribution is 7.18. The first-order valence-electron chi connectivity index (χ1n) is 8.43. The predicted octanol–water partition coefficient (Wildman–Crippen LogP) is 4.07. The standard InChI is InChI=1S/C17H26N4S/c1-13-7-3-5-9-21(13)10-6-4-8-18-16-15-11-14(2)22-17(15)20-12-19-16/h11-13H,3-10H2,1-2H3,(H,18,19,20). The van der Waals surface area contributed by atoms with Crippen molar-refractivity contribution in [1.29, 1.82) is 0 Å². The van der Waals surface area contributed by atoms with Gasteiger partial charge in [-0.25, -0.2) is 9.97 Å². The average Bonchev–Trinajstić information content (AvgIpc) is 2.89. The van der Waals surface area contributed by atoms with Gasteiger partial charge in [-0.15, -0.1) is 11.3 Å². The molecule has 0 aliphatic carbocycles. The Kier molecular flexibility index (Phi) is 5.26. The van der Waals surface area contributed by atoms with Crippen molar-refractivity contribution in [2.75, 3.05) is 25.0 Å². The van der Waals surface area contributed by atoms with E-state index in [4.69, 9.17) is 0 Å². The number of piperidine rings is 1. The second-order valence-corrected chi connectivity index (χ2v) is 7.55. The molecule has 5 heteroatoms. The lowest BCUT2D eigenvalue weighted by Gasteiger charge is -2.33. The van der Waals surface area contributed by atoms with Gasteiger partial charge in [0.2, 0.25) is 0 Å². The lowest BCUT2D eigenvalue weighted by atomic mass is 10.0. The number of rotatable bonds is 6. The highest BCUT2D eigenvalue weighted by Crippen LogP contribution is 2.27. The van der Waals surface area contributed by atoms with E-state index in [0.717, 1.165) is 28.6 Å². The van der Waals surface area contributed by atoms with Crippen molar-refractivity contribution in [3.8, 4) is 0 Å². The van der Waals surface area contributed by atoms with E-state index in [0.29, 0.717) is 0 Å². The summed E-state index contributed by atoms with van der Waals surface area (Å²) in [5.41, 5.74) is 0. The molecule has 1 saturated heterocycles. The summed E-state index contributed by atoms with van der Waals surface area (Å²) in [6.45, 7) is 8.00. The van der Waals surface area contributed by atoms with Gasteiger partial charge in [0.25, 0.3) is 0 Å². The van der Waals surface area contributed by atoms with Crippen LogP contribution < -0.4 is 5.32 Å². The second kappa shape index (κ2) is 7.38. The third kappa shape index (κ3) is 3.76. The molecule has 22 heavy (non-hydrogen) atoms. The molecule has 2 aromatic heterocycles. The molecule has 1 fully saturated rings. The zero-order chi connectivity index (χ0) is 15.4. The quantitative estimate of drug-likeness (QED) is 0.815. The summed E-state index contributed by atoms with van der Waals surface area (Å²) in [4.78, 5) is 13.7. The van der Waals surface area contributed by atoms with E-state index >= 15 is 0 Å². The van der Waals surface area contributed by atoms with Crippen molar-refractivity contribution >= 4 is 27.4 Å². The smallest absolute Gasteiger partial charge is 0.138 e. The van der Waals surface area contributed by atoms with Crippen molar-refractivity contribution in [3.63, 3.8) is 0 Å². The first kappa shape index (κ1) is 15.7. The molecule has 1 unspecified atom stereocenters. The van der Waals surface area contributed by atoms with Crippen molar-refractivity contribution in [2.45, 2.75) is 52.0 Å². The van der Waals surface area contributed by atoms with Gasteiger partial charge in [-0.3, -0.25) is 0 Å². The first-order chi connectivity index (χ1) is 10.7. The molecule has 0 amide bonds. The van der Waals surface area contributed by atoms with Crippen LogP contribution in [0.15, 0.2) is 12.4 Å². The van der Waals surface area contributed by atoms with E-state index in [9.17, 15) is 0 Å². The fourth-order valence-corrected chi connectivity index (χ4v) is 4.10. The lowest BCUT2D eigenvalue weighted by molar-refractivity contribution is 0.158. The summed E-state index contributed by atoms with van der Waals surface area (Å²) in [7, 11) is 0. The van der Waals surface area contributed by atoms with Gasteiger partial charge in [0, 0.05) is 17.5 Å². The van der Waals surface area contributed by atoms with Crippen LogP contribution in [0.3, 0.4) is 0 Å². The summed E-state index contributed by atoms with van der Waals surface area (Å²) in [6, 6.07) is 2.95. The minimum absolute atomic E-state index is 0.775. The number of hydrogen-bond acceptors (Lipinski definition) is 5. The Morgan fingerprint density at radius 1 is 1.32 bits per heavy atom. The Hall–Kier alpha value is -1.20. The van der Waals surface area contributed by atoms with E-state index in [-0.39, 0.29) is 0 Å². The topological polar surface area (TPSA) is 41.0 Å². The van der Waals surface area contributed by atoms with Gasteiger partial charge < -0.3 is 10.2 Å². The number of likely N-dealkylation sites (tertiary alicyclic amines) is 1. The van der Waals surface area contributed by atoms with Crippen LogP contribution in [-0.2, 0) is 0 Å². The molecule has 1 N–H and O–H groups in total. The first-order valence-corrected chi connectivity index (χ1v) is 9.25. The molecule has 1 aliphatic heterocycles. The number of nitrogens with zero attached hydrogens (tertiary/aromatic N) is 3. The van der Waals surface area contributed by atoms with E-state index in [1.165, 1.54) is 50.1 Å². The molecular weight excluding hydrogens is 292 g/mol. The number of thiophene rings is 1. The Morgan fingerprint density at radius 3 is 3.09 bits per heavy atom. The maximum atomic E-state index is 4.39. The van der Waals surface area contributed by atoms with Gasteiger partial charge in [0.1, 0.15) is 17.0 Å². The molecule has 4 nitrogen and oxygen atoms in total. The van der Waals surface area contributed by atoms with Crippen LogP contribution in [0.4, 0.5) is 5.82 Å². The number of hydrogen-bond donors (Lipinski definition) is 1. The van der Waals surface area contributed by atoms with Crippen molar-refractivity contribution < 1.29 is 0 Å². The van der Waals surface area contributed by atoms with Crippen molar-refractivity contribution in [1.82, 2.24) is 14.9 Å². The molecular formula is C17H26N4S.